The SMILES string of the molecule is CC(C)(C)C1=CC(=O)NC2=CC(=NC(=O)c3ccc4ccccc4n3)C=CC21. The second-order valence-electron chi connectivity index (χ2n) is 8.01. The Kier molecular flexibility index (Phi) is 4.30. The van der Waals surface area contributed by atoms with Crippen molar-refractivity contribution < 1.29 is 9.59 Å². The average Bonchev–Trinajstić information content (AvgIpc) is 2.66. The van der Waals surface area contributed by atoms with Gasteiger partial charge in [0.05, 0.1) is 11.2 Å². The second-order valence-corrected chi connectivity index (χ2v) is 8.01. The average molecular weight is 371 g/mol. The fourth-order valence-electron chi connectivity index (χ4n) is 3.50. The van der Waals surface area contributed by atoms with E-state index in [9.17, 15) is 9.59 Å². The summed E-state index contributed by atoms with van der Waals surface area (Å²) in [6.07, 6.45) is 7.23. The van der Waals surface area contributed by atoms with Gasteiger partial charge < -0.3 is 5.32 Å². The molecule has 1 aliphatic heterocycles. The highest BCUT2D eigenvalue weighted by molar-refractivity contribution is 6.14. The summed E-state index contributed by atoms with van der Waals surface area (Å²) in [5.41, 5.74) is 3.21. The molecular weight excluding hydrogens is 350 g/mol. The van der Waals surface area contributed by atoms with Gasteiger partial charge in [-0.15, -0.1) is 0 Å². The maximum Gasteiger partial charge on any atom is 0.296 e. The molecule has 0 radical (unpaired) electrons. The monoisotopic (exact) mass is 371 g/mol. The van der Waals surface area contributed by atoms with Gasteiger partial charge in [-0.25, -0.2) is 9.98 Å². The number of hydrogen-bond donors (Lipinski definition) is 1. The van der Waals surface area contributed by atoms with Crippen molar-refractivity contribution in [3.8, 4) is 0 Å². The Bertz CT molecular complexity index is 1110. The smallest absolute Gasteiger partial charge is 0.296 e. The predicted molar refractivity (Wildman–Crippen MR) is 110 cm³/mol. The molecular formula is C23H21N3O2. The number of nitrogens with zero attached hydrogens (tertiary/aromatic N) is 2. The highest BCUT2D eigenvalue weighted by atomic mass is 16.2. The molecule has 2 amide bonds. The molecule has 5 nitrogen and oxygen atoms in total. The zero-order chi connectivity index (χ0) is 19.9. The van der Waals surface area contributed by atoms with Crippen LogP contribution in [0.4, 0.5) is 0 Å². The fourth-order valence-corrected chi connectivity index (χ4v) is 3.50. The van der Waals surface area contributed by atoms with Crippen LogP contribution in [-0.4, -0.2) is 22.5 Å². The van der Waals surface area contributed by atoms with Crippen LogP contribution >= 0.6 is 0 Å². The highest BCUT2D eigenvalue weighted by Gasteiger charge is 2.32. The molecule has 1 aliphatic carbocycles. The summed E-state index contributed by atoms with van der Waals surface area (Å²) < 4.78 is 0. The van der Waals surface area contributed by atoms with E-state index in [2.05, 4.69) is 36.1 Å². The number of aliphatic imine (C=N–C) groups is 1. The molecule has 0 bridgehead atoms. The fraction of sp³-hybridized carbons (Fsp3) is 0.217. The maximum absolute atomic E-state index is 12.6. The molecule has 2 aromatic rings. The third kappa shape index (κ3) is 3.43. The zero-order valence-electron chi connectivity index (χ0n) is 16.1. The Morgan fingerprint density at radius 3 is 2.68 bits per heavy atom. The molecule has 0 fully saturated rings. The lowest BCUT2D eigenvalue weighted by molar-refractivity contribution is -0.116. The van der Waals surface area contributed by atoms with E-state index in [1.54, 1.807) is 18.2 Å². The first kappa shape index (κ1) is 18.0. The molecule has 0 spiro atoms. The lowest BCUT2D eigenvalue weighted by Gasteiger charge is -2.34. The van der Waals surface area contributed by atoms with Gasteiger partial charge in [-0.2, -0.15) is 0 Å². The number of pyridine rings is 1. The van der Waals surface area contributed by atoms with E-state index < -0.39 is 5.91 Å². The van der Waals surface area contributed by atoms with Gasteiger partial charge in [-0.1, -0.05) is 51.1 Å². The maximum atomic E-state index is 12.6. The van der Waals surface area contributed by atoms with E-state index in [4.69, 9.17) is 0 Å². The number of allylic oxidation sites excluding steroid dienone is 3. The van der Waals surface area contributed by atoms with Crippen molar-refractivity contribution >= 4 is 28.4 Å². The number of amides is 2. The van der Waals surface area contributed by atoms with Crippen LogP contribution in [0.2, 0.25) is 0 Å². The van der Waals surface area contributed by atoms with Gasteiger partial charge in [-0.05, 0) is 35.3 Å². The second kappa shape index (κ2) is 6.68. The normalized spacial score (nSPS) is 20.5. The Hall–Kier alpha value is -3.34. The van der Waals surface area contributed by atoms with Crippen molar-refractivity contribution in [1.29, 1.82) is 0 Å². The number of nitrogens with one attached hydrogen (secondary N) is 1. The molecule has 1 unspecified atom stereocenters. The summed E-state index contributed by atoms with van der Waals surface area (Å²) in [7, 11) is 0. The Morgan fingerprint density at radius 2 is 1.89 bits per heavy atom. The van der Waals surface area contributed by atoms with Crippen LogP contribution in [0.15, 0.2) is 77.0 Å². The molecule has 0 saturated carbocycles. The zero-order valence-corrected chi connectivity index (χ0v) is 16.1. The summed E-state index contributed by atoms with van der Waals surface area (Å²) in [5, 5.41) is 3.85. The number of fused-ring (bicyclic) bond motifs is 2. The van der Waals surface area contributed by atoms with Crippen molar-refractivity contribution in [2.24, 2.45) is 16.3 Å². The van der Waals surface area contributed by atoms with Gasteiger partial charge in [0.2, 0.25) is 5.91 Å². The molecule has 5 heteroatoms. The summed E-state index contributed by atoms with van der Waals surface area (Å²) >= 11 is 0. The molecule has 1 atom stereocenters. The molecule has 1 aromatic heterocycles. The van der Waals surface area contributed by atoms with Crippen LogP contribution in [0.3, 0.4) is 0 Å². The molecule has 1 aromatic carbocycles. The first-order valence-corrected chi connectivity index (χ1v) is 9.23. The summed E-state index contributed by atoms with van der Waals surface area (Å²) in [6, 6.07) is 11.2. The Balaban J connectivity index is 1.64. The van der Waals surface area contributed by atoms with Gasteiger partial charge in [0, 0.05) is 23.1 Å². The van der Waals surface area contributed by atoms with Crippen LogP contribution < -0.4 is 5.32 Å². The number of carbonyl (C=O) groups excluding carboxylic acids is 2. The lowest BCUT2D eigenvalue weighted by Crippen LogP contribution is -2.36. The minimum absolute atomic E-state index is 0.00875. The predicted octanol–water partition coefficient (Wildman–Crippen LogP) is 3.99. The number of benzene rings is 1. The molecule has 140 valence electrons. The molecule has 28 heavy (non-hydrogen) atoms. The lowest BCUT2D eigenvalue weighted by atomic mass is 9.74. The van der Waals surface area contributed by atoms with Crippen LogP contribution in [0, 0.1) is 11.3 Å². The van der Waals surface area contributed by atoms with E-state index in [1.807, 2.05) is 42.5 Å². The summed E-state index contributed by atoms with van der Waals surface area (Å²) in [4.78, 5) is 33.3. The number of hydrogen-bond acceptors (Lipinski definition) is 3. The molecule has 2 aliphatic rings. The standard InChI is InChI=1S/C23H21N3O2/c1-23(2,3)17-13-21(27)26-20-12-15(9-10-16(17)20)24-22(28)19-11-8-14-6-4-5-7-18(14)25-19/h4-13,16H,1-3H3,(H,26,27). The van der Waals surface area contributed by atoms with Crippen molar-refractivity contribution in [3.63, 3.8) is 0 Å². The van der Waals surface area contributed by atoms with Crippen molar-refractivity contribution in [2.45, 2.75) is 20.8 Å². The van der Waals surface area contributed by atoms with E-state index >= 15 is 0 Å². The van der Waals surface area contributed by atoms with E-state index in [0.29, 0.717) is 11.4 Å². The van der Waals surface area contributed by atoms with Gasteiger partial charge >= 0.3 is 0 Å². The third-order valence-electron chi connectivity index (χ3n) is 4.90. The van der Waals surface area contributed by atoms with E-state index in [1.165, 1.54) is 0 Å². The minimum atomic E-state index is -0.408. The first-order valence-electron chi connectivity index (χ1n) is 9.23. The third-order valence-corrected chi connectivity index (χ3v) is 4.90. The Labute approximate surface area is 163 Å². The van der Waals surface area contributed by atoms with Gasteiger partial charge in [0.1, 0.15) is 5.69 Å². The number of aromatic nitrogens is 1. The molecule has 0 saturated heterocycles. The van der Waals surface area contributed by atoms with Crippen LogP contribution in [0.25, 0.3) is 10.9 Å². The highest BCUT2D eigenvalue weighted by Crippen LogP contribution is 2.38. The molecule has 2 heterocycles. The van der Waals surface area contributed by atoms with E-state index in [-0.39, 0.29) is 17.2 Å². The van der Waals surface area contributed by atoms with Gasteiger partial charge in [0.25, 0.3) is 5.91 Å². The van der Waals surface area contributed by atoms with Gasteiger partial charge in [0.15, 0.2) is 0 Å². The van der Waals surface area contributed by atoms with Crippen molar-refractivity contribution in [2.75, 3.05) is 0 Å². The molecule has 1 N–H and O–H groups in total. The van der Waals surface area contributed by atoms with Crippen LogP contribution in [0.5, 0.6) is 0 Å². The summed E-state index contributed by atoms with van der Waals surface area (Å²) in [6.45, 7) is 6.25. The van der Waals surface area contributed by atoms with Gasteiger partial charge in [-0.3, -0.25) is 9.59 Å². The first-order chi connectivity index (χ1) is 13.3. The molecule has 4 rings (SSSR count). The Morgan fingerprint density at radius 1 is 1.11 bits per heavy atom. The topological polar surface area (TPSA) is 71.4 Å². The van der Waals surface area contributed by atoms with Crippen molar-refractivity contribution in [3.05, 3.63) is 77.7 Å². The van der Waals surface area contributed by atoms with Crippen LogP contribution in [0.1, 0.15) is 31.3 Å². The van der Waals surface area contributed by atoms with E-state index in [0.717, 1.165) is 22.2 Å². The number of rotatable bonds is 1. The van der Waals surface area contributed by atoms with Crippen molar-refractivity contribution in [1.82, 2.24) is 10.3 Å². The number of carbonyl (C=O) groups is 2. The summed E-state index contributed by atoms with van der Waals surface area (Å²) in [5.74, 6) is -0.565. The largest absolute Gasteiger partial charge is 0.325 e. The minimum Gasteiger partial charge on any atom is -0.325 e. The van der Waals surface area contributed by atoms with Crippen LogP contribution in [-0.2, 0) is 4.79 Å². The number of para-hydroxylation sites is 1. The quantitative estimate of drug-likeness (QED) is 0.824.